The van der Waals surface area contributed by atoms with Crippen molar-refractivity contribution in [3.8, 4) is 44.5 Å². The van der Waals surface area contributed by atoms with E-state index in [0.29, 0.717) is 0 Å². The molecule has 8 heteroatoms. The third-order valence-corrected chi connectivity index (χ3v) is 8.85. The van der Waals surface area contributed by atoms with Gasteiger partial charge in [0.25, 0.3) is 0 Å². The van der Waals surface area contributed by atoms with Crippen LogP contribution in [0.15, 0.2) is 122 Å². The predicted molar refractivity (Wildman–Crippen MR) is 190 cm³/mol. The summed E-state index contributed by atoms with van der Waals surface area (Å²) in [5.74, 6) is 0. The van der Waals surface area contributed by atoms with Gasteiger partial charge in [-0.3, -0.25) is 24.9 Å². The molecule has 0 saturated carbocycles. The number of hydrogen-bond donors (Lipinski definition) is 2. The summed E-state index contributed by atoms with van der Waals surface area (Å²) in [5, 5.41) is 0. The molecule has 0 amide bonds. The fourth-order valence-corrected chi connectivity index (χ4v) is 6.77. The third kappa shape index (κ3) is 4.87. The van der Waals surface area contributed by atoms with E-state index in [1.165, 1.54) is 0 Å². The molecule has 0 radical (unpaired) electrons. The molecule has 2 aliphatic heterocycles. The number of aryl methyl sites for hydroxylation is 2. The zero-order chi connectivity index (χ0) is 31.9. The Kier molecular flexibility index (Phi) is 6.75. The number of nitrogens with zero attached hydrogens (tertiary/aromatic N) is 6. The quantitative estimate of drug-likeness (QED) is 0.204. The minimum Gasteiger partial charge on any atom is -0.354 e. The first kappa shape index (κ1) is 27.7. The molecule has 9 rings (SSSR count). The summed E-state index contributed by atoms with van der Waals surface area (Å²) in [6.07, 6.45) is 20.5. The maximum absolute atomic E-state index is 5.38. The first-order valence-electron chi connectivity index (χ1n) is 15.9. The molecular weight excluding hydrogens is 592 g/mol. The average Bonchev–Trinajstić information content (AvgIpc) is 3.98. The van der Waals surface area contributed by atoms with Gasteiger partial charge in [-0.2, -0.15) is 0 Å². The van der Waals surface area contributed by atoms with E-state index in [4.69, 9.17) is 9.97 Å². The van der Waals surface area contributed by atoms with Crippen molar-refractivity contribution in [1.29, 1.82) is 0 Å². The second kappa shape index (κ2) is 11.7. The number of nitrogens with one attached hydrogen (secondary N) is 2. The lowest BCUT2D eigenvalue weighted by molar-refractivity contribution is 1.03. The van der Waals surface area contributed by atoms with Crippen LogP contribution in [0.2, 0.25) is 0 Å². The smallest absolute Gasteiger partial charge is 0.0737 e. The molecule has 0 aromatic carbocycles. The van der Waals surface area contributed by atoms with Crippen LogP contribution in [-0.2, 0) is 12.8 Å². The minimum absolute atomic E-state index is 0.783. The fraction of sp³-hybridized carbons (Fsp3) is 0.0500. The summed E-state index contributed by atoms with van der Waals surface area (Å²) < 4.78 is 0. The summed E-state index contributed by atoms with van der Waals surface area (Å²) >= 11 is 0. The number of hydrogen-bond acceptors (Lipinski definition) is 6. The van der Waals surface area contributed by atoms with E-state index in [0.717, 1.165) is 102 Å². The predicted octanol–water partition coefficient (Wildman–Crippen LogP) is 8.52. The molecule has 9 heterocycles. The van der Waals surface area contributed by atoms with Gasteiger partial charge in [0.1, 0.15) is 0 Å². The summed E-state index contributed by atoms with van der Waals surface area (Å²) in [5.41, 5.74) is 15.4. The second-order valence-corrected chi connectivity index (χ2v) is 11.8. The molecule has 228 valence electrons. The van der Waals surface area contributed by atoms with E-state index in [-0.39, 0.29) is 0 Å². The van der Waals surface area contributed by atoms with Crippen LogP contribution in [0.4, 0.5) is 0 Å². The summed E-state index contributed by atoms with van der Waals surface area (Å²) in [6, 6.07) is 24.7. The van der Waals surface area contributed by atoms with Crippen LogP contribution < -0.4 is 0 Å². The Morgan fingerprint density at radius 3 is 1.10 bits per heavy atom. The molecular formula is C40H28N8. The van der Waals surface area contributed by atoms with Crippen LogP contribution in [0.25, 0.3) is 78.7 Å². The molecule has 2 N–H and O–H groups in total. The fourth-order valence-electron chi connectivity index (χ4n) is 6.77. The Hall–Kier alpha value is -6.54. The summed E-state index contributed by atoms with van der Waals surface area (Å²) in [4.78, 5) is 36.1. The van der Waals surface area contributed by atoms with Gasteiger partial charge in [0, 0.05) is 116 Å². The SMILES string of the molecule is C1=Cc2nc1c(-c1cccnc1)c1ccc([nH]1)c(-c1cccnc1)c1nc(c(-c3cccnc3)c3ccc([nH]3)c2-c2cccnc2)CC1. The normalized spacial score (nSPS) is 12.3. The van der Waals surface area contributed by atoms with Crippen LogP contribution in [0.3, 0.4) is 0 Å². The van der Waals surface area contributed by atoms with Crippen LogP contribution in [-0.4, -0.2) is 39.9 Å². The van der Waals surface area contributed by atoms with Crippen molar-refractivity contribution in [3.63, 3.8) is 0 Å². The van der Waals surface area contributed by atoms with Crippen molar-refractivity contribution < 1.29 is 0 Å². The van der Waals surface area contributed by atoms with Crippen molar-refractivity contribution in [2.45, 2.75) is 12.8 Å². The van der Waals surface area contributed by atoms with Gasteiger partial charge in [0.15, 0.2) is 0 Å². The van der Waals surface area contributed by atoms with E-state index in [9.17, 15) is 0 Å². The van der Waals surface area contributed by atoms with Gasteiger partial charge in [-0.1, -0.05) is 24.3 Å². The lowest BCUT2D eigenvalue weighted by Gasteiger charge is -2.06. The molecule has 0 unspecified atom stereocenters. The highest BCUT2D eigenvalue weighted by Crippen LogP contribution is 2.37. The number of aromatic amines is 2. The molecule has 0 saturated heterocycles. The first-order chi connectivity index (χ1) is 23.8. The summed E-state index contributed by atoms with van der Waals surface area (Å²) in [6.45, 7) is 0. The number of aromatic nitrogens is 8. The molecule has 0 fully saturated rings. The van der Waals surface area contributed by atoms with Gasteiger partial charge in [-0.15, -0.1) is 0 Å². The van der Waals surface area contributed by atoms with Crippen LogP contribution in [0.1, 0.15) is 22.8 Å². The highest BCUT2D eigenvalue weighted by molar-refractivity contribution is 5.97. The molecule has 0 atom stereocenters. The van der Waals surface area contributed by atoms with Crippen molar-refractivity contribution in [2.75, 3.05) is 0 Å². The number of rotatable bonds is 4. The monoisotopic (exact) mass is 620 g/mol. The first-order valence-corrected chi connectivity index (χ1v) is 15.9. The van der Waals surface area contributed by atoms with Crippen LogP contribution >= 0.6 is 0 Å². The van der Waals surface area contributed by atoms with Crippen molar-refractivity contribution in [2.24, 2.45) is 0 Å². The maximum atomic E-state index is 5.38. The Labute approximate surface area is 276 Å². The van der Waals surface area contributed by atoms with E-state index in [1.807, 2.05) is 49.1 Å². The number of fused-ring (bicyclic) bond motifs is 8. The van der Waals surface area contributed by atoms with Gasteiger partial charge in [0.2, 0.25) is 0 Å². The van der Waals surface area contributed by atoms with E-state index in [1.54, 1.807) is 24.8 Å². The zero-order valence-electron chi connectivity index (χ0n) is 25.8. The van der Waals surface area contributed by atoms with Crippen LogP contribution in [0, 0.1) is 0 Å². The van der Waals surface area contributed by atoms with E-state index >= 15 is 0 Å². The van der Waals surface area contributed by atoms with Gasteiger partial charge >= 0.3 is 0 Å². The van der Waals surface area contributed by atoms with E-state index in [2.05, 4.69) is 90.6 Å². The van der Waals surface area contributed by atoms with Gasteiger partial charge in [-0.05, 0) is 73.5 Å². The number of pyridine rings is 4. The lowest BCUT2D eigenvalue weighted by Crippen LogP contribution is -1.90. The molecule has 48 heavy (non-hydrogen) atoms. The van der Waals surface area contributed by atoms with Gasteiger partial charge < -0.3 is 9.97 Å². The standard InChI is InChI=1S/C40H28N8/c1-5-25(21-41-17-1)37-29-9-11-31(45-29)38(26-6-2-18-42-22-26)33-13-15-35(47-33)40(28-8-4-20-44-24-28)36-16-14-34(48-36)39(27-7-3-19-43-23-27)32-12-10-30(37)46-32/h1-13,15,17-24,46-47H,14,16H2. The zero-order valence-corrected chi connectivity index (χ0v) is 25.8. The minimum atomic E-state index is 0.783. The van der Waals surface area contributed by atoms with Crippen molar-refractivity contribution in [1.82, 2.24) is 39.9 Å². The third-order valence-electron chi connectivity index (χ3n) is 8.85. The average molecular weight is 621 g/mol. The second-order valence-electron chi connectivity index (χ2n) is 11.8. The maximum Gasteiger partial charge on any atom is 0.0737 e. The van der Waals surface area contributed by atoms with E-state index < -0.39 is 0 Å². The molecule has 2 aliphatic rings. The molecule has 7 aromatic rings. The Morgan fingerprint density at radius 2 is 0.750 bits per heavy atom. The number of H-pyrrole nitrogens is 2. The molecule has 7 aromatic heterocycles. The van der Waals surface area contributed by atoms with Crippen molar-refractivity contribution in [3.05, 3.63) is 145 Å². The van der Waals surface area contributed by atoms with Gasteiger partial charge in [0.05, 0.1) is 22.8 Å². The molecule has 8 nitrogen and oxygen atoms in total. The molecule has 0 aliphatic carbocycles. The highest BCUT2D eigenvalue weighted by atomic mass is 14.8. The topological polar surface area (TPSA) is 109 Å². The Morgan fingerprint density at radius 1 is 0.396 bits per heavy atom. The lowest BCUT2D eigenvalue weighted by atomic mass is 10.0. The molecule has 8 bridgehead atoms. The van der Waals surface area contributed by atoms with Crippen LogP contribution in [0.5, 0.6) is 0 Å². The van der Waals surface area contributed by atoms with Gasteiger partial charge in [-0.25, -0.2) is 4.98 Å². The highest BCUT2D eigenvalue weighted by Gasteiger charge is 2.21. The molecule has 0 spiro atoms. The Bertz CT molecular complexity index is 2310. The van der Waals surface area contributed by atoms with Crippen molar-refractivity contribution >= 4 is 34.2 Å². The Balaban J connectivity index is 1.48. The summed E-state index contributed by atoms with van der Waals surface area (Å²) in [7, 11) is 0. The largest absolute Gasteiger partial charge is 0.354 e.